The molecule has 0 unspecified atom stereocenters. The van der Waals surface area contributed by atoms with Gasteiger partial charge in [-0.3, -0.25) is 0 Å². The van der Waals surface area contributed by atoms with Crippen molar-refractivity contribution in [2.75, 3.05) is 26.4 Å². The number of ether oxygens (including phenoxy) is 3. The lowest BCUT2D eigenvalue weighted by Crippen LogP contribution is -2.07. The van der Waals surface area contributed by atoms with E-state index in [1.165, 1.54) is 0 Å². The third-order valence-electron chi connectivity index (χ3n) is 3.72. The van der Waals surface area contributed by atoms with Crippen molar-refractivity contribution in [3.8, 4) is 16.9 Å². The van der Waals surface area contributed by atoms with Gasteiger partial charge in [-0.05, 0) is 48.7 Å². The van der Waals surface area contributed by atoms with E-state index in [0.29, 0.717) is 25.4 Å². The summed E-state index contributed by atoms with van der Waals surface area (Å²) in [6.45, 7) is 6.28. The van der Waals surface area contributed by atoms with Crippen LogP contribution in [0.2, 0.25) is 0 Å². The van der Waals surface area contributed by atoms with Crippen LogP contribution in [0.5, 0.6) is 5.75 Å². The Balaban J connectivity index is 1.86. The lowest BCUT2D eigenvalue weighted by atomic mass is 10.0. The highest BCUT2D eigenvalue weighted by molar-refractivity contribution is 5.90. The fourth-order valence-electron chi connectivity index (χ4n) is 2.32. The second-order valence-electron chi connectivity index (χ2n) is 5.64. The van der Waals surface area contributed by atoms with Crippen LogP contribution in [0, 0.1) is 0 Å². The predicted octanol–water partition coefficient (Wildman–Crippen LogP) is 4.73. The average Bonchev–Trinajstić information content (AvgIpc) is 2.65. The summed E-state index contributed by atoms with van der Waals surface area (Å²) in [5.41, 5.74) is 2.68. The van der Waals surface area contributed by atoms with Crippen LogP contribution >= 0.6 is 0 Å². The van der Waals surface area contributed by atoms with Gasteiger partial charge in [-0.15, -0.1) is 0 Å². The molecule has 4 heteroatoms. The first-order valence-corrected chi connectivity index (χ1v) is 8.82. The van der Waals surface area contributed by atoms with E-state index in [1.807, 2.05) is 36.4 Å². The van der Waals surface area contributed by atoms with Gasteiger partial charge in [0.1, 0.15) is 12.4 Å². The maximum atomic E-state index is 11.7. The van der Waals surface area contributed by atoms with Crippen molar-refractivity contribution in [2.45, 2.75) is 26.7 Å². The molecule has 0 saturated heterocycles. The second-order valence-corrected chi connectivity index (χ2v) is 5.64. The zero-order valence-electron chi connectivity index (χ0n) is 15.0. The summed E-state index contributed by atoms with van der Waals surface area (Å²) in [6, 6.07) is 15.3. The topological polar surface area (TPSA) is 44.8 Å². The number of hydrogen-bond acceptors (Lipinski definition) is 4. The molecule has 0 bridgehead atoms. The third-order valence-corrected chi connectivity index (χ3v) is 3.72. The Kier molecular flexibility index (Phi) is 7.99. The molecule has 0 aliphatic carbocycles. The highest BCUT2D eigenvalue weighted by Gasteiger charge is 2.06. The number of rotatable bonds is 10. The number of benzene rings is 2. The zero-order chi connectivity index (χ0) is 17.9. The molecule has 25 heavy (non-hydrogen) atoms. The van der Waals surface area contributed by atoms with Crippen molar-refractivity contribution in [1.82, 2.24) is 0 Å². The summed E-state index contributed by atoms with van der Waals surface area (Å²) in [4.78, 5) is 11.7. The Morgan fingerprint density at radius 1 is 0.840 bits per heavy atom. The standard InChI is InChI=1S/C21H26O4/c1-3-5-14-23-15-16-25-20-12-10-18(11-13-20)17-6-8-19(9-7-17)21(22)24-4-2/h6-13H,3-5,14-16H2,1-2H3. The molecule has 0 heterocycles. The van der Waals surface area contributed by atoms with Gasteiger partial charge in [0.15, 0.2) is 0 Å². The molecule has 0 N–H and O–H groups in total. The molecule has 2 aromatic carbocycles. The maximum Gasteiger partial charge on any atom is 0.338 e. The minimum Gasteiger partial charge on any atom is -0.491 e. The second kappa shape index (κ2) is 10.5. The van der Waals surface area contributed by atoms with E-state index < -0.39 is 0 Å². The van der Waals surface area contributed by atoms with E-state index in [2.05, 4.69) is 6.92 Å². The van der Waals surface area contributed by atoms with E-state index in [0.717, 1.165) is 36.3 Å². The first-order valence-electron chi connectivity index (χ1n) is 8.82. The highest BCUT2D eigenvalue weighted by atomic mass is 16.5. The van der Waals surface area contributed by atoms with E-state index in [-0.39, 0.29) is 5.97 Å². The van der Waals surface area contributed by atoms with Crippen LogP contribution in [0.25, 0.3) is 11.1 Å². The van der Waals surface area contributed by atoms with Gasteiger partial charge in [0.05, 0.1) is 18.8 Å². The fourth-order valence-corrected chi connectivity index (χ4v) is 2.32. The van der Waals surface area contributed by atoms with E-state index >= 15 is 0 Å². The molecule has 0 amide bonds. The number of hydrogen-bond donors (Lipinski definition) is 0. The van der Waals surface area contributed by atoms with Gasteiger partial charge in [-0.2, -0.15) is 0 Å². The number of carbonyl (C=O) groups is 1. The molecule has 2 aromatic rings. The molecule has 4 nitrogen and oxygen atoms in total. The molecule has 0 atom stereocenters. The van der Waals surface area contributed by atoms with Crippen LogP contribution in [0.1, 0.15) is 37.0 Å². The van der Waals surface area contributed by atoms with Gasteiger partial charge in [0.25, 0.3) is 0 Å². The highest BCUT2D eigenvalue weighted by Crippen LogP contribution is 2.23. The van der Waals surface area contributed by atoms with Gasteiger partial charge in [0, 0.05) is 6.61 Å². The van der Waals surface area contributed by atoms with E-state index in [9.17, 15) is 4.79 Å². The van der Waals surface area contributed by atoms with E-state index in [4.69, 9.17) is 14.2 Å². The molecular formula is C21H26O4. The Bertz CT molecular complexity index is 632. The predicted molar refractivity (Wildman–Crippen MR) is 99.1 cm³/mol. The summed E-state index contributed by atoms with van der Waals surface area (Å²) in [5.74, 6) is 0.532. The summed E-state index contributed by atoms with van der Waals surface area (Å²) in [5, 5.41) is 0. The molecule has 134 valence electrons. The van der Waals surface area contributed by atoms with E-state index in [1.54, 1.807) is 19.1 Å². The Labute approximate surface area is 149 Å². The first-order chi connectivity index (χ1) is 12.2. The average molecular weight is 342 g/mol. The minimum atomic E-state index is -0.293. The van der Waals surface area contributed by atoms with Crippen molar-refractivity contribution >= 4 is 5.97 Å². The summed E-state index contributed by atoms with van der Waals surface area (Å²) in [6.07, 6.45) is 2.23. The molecule has 0 spiro atoms. The molecule has 0 saturated carbocycles. The molecule has 0 aromatic heterocycles. The van der Waals surface area contributed by atoms with Crippen LogP contribution in [0.15, 0.2) is 48.5 Å². The van der Waals surface area contributed by atoms with Crippen LogP contribution in [0.4, 0.5) is 0 Å². The first kappa shape index (κ1) is 19.0. The van der Waals surface area contributed by atoms with Crippen LogP contribution in [-0.2, 0) is 9.47 Å². The Morgan fingerprint density at radius 2 is 1.48 bits per heavy atom. The molecule has 0 aliphatic rings. The van der Waals surface area contributed by atoms with Gasteiger partial charge in [-0.25, -0.2) is 4.79 Å². The number of carbonyl (C=O) groups excluding carboxylic acids is 1. The summed E-state index contributed by atoms with van der Waals surface area (Å²) in [7, 11) is 0. The Hall–Kier alpha value is -2.33. The minimum absolute atomic E-state index is 0.293. The SMILES string of the molecule is CCCCOCCOc1ccc(-c2ccc(C(=O)OCC)cc2)cc1. The fraction of sp³-hybridized carbons (Fsp3) is 0.381. The molecule has 0 aliphatic heterocycles. The van der Waals surface area contributed by atoms with Crippen molar-refractivity contribution < 1.29 is 19.0 Å². The smallest absolute Gasteiger partial charge is 0.338 e. The molecule has 0 radical (unpaired) electrons. The number of unbranched alkanes of at least 4 members (excludes halogenated alkanes) is 1. The van der Waals surface area contributed by atoms with Crippen molar-refractivity contribution in [1.29, 1.82) is 0 Å². The Morgan fingerprint density at radius 3 is 2.08 bits per heavy atom. The van der Waals surface area contributed by atoms with Gasteiger partial charge in [0.2, 0.25) is 0 Å². The lowest BCUT2D eigenvalue weighted by molar-refractivity contribution is 0.0526. The van der Waals surface area contributed by atoms with Crippen LogP contribution < -0.4 is 4.74 Å². The summed E-state index contributed by atoms with van der Waals surface area (Å²) >= 11 is 0. The molecule has 2 rings (SSSR count). The van der Waals surface area contributed by atoms with Crippen molar-refractivity contribution in [2.24, 2.45) is 0 Å². The van der Waals surface area contributed by atoms with Crippen molar-refractivity contribution in [3.63, 3.8) is 0 Å². The van der Waals surface area contributed by atoms with Crippen molar-refractivity contribution in [3.05, 3.63) is 54.1 Å². The normalized spacial score (nSPS) is 10.5. The van der Waals surface area contributed by atoms with Gasteiger partial charge >= 0.3 is 5.97 Å². The van der Waals surface area contributed by atoms with Gasteiger partial charge < -0.3 is 14.2 Å². The number of esters is 1. The maximum absolute atomic E-state index is 11.7. The van der Waals surface area contributed by atoms with Gasteiger partial charge in [-0.1, -0.05) is 37.6 Å². The van der Waals surface area contributed by atoms with Crippen LogP contribution in [0.3, 0.4) is 0 Å². The quantitative estimate of drug-likeness (QED) is 0.463. The summed E-state index contributed by atoms with van der Waals surface area (Å²) < 4.78 is 16.1. The molecular weight excluding hydrogens is 316 g/mol. The molecule has 0 fully saturated rings. The lowest BCUT2D eigenvalue weighted by Gasteiger charge is -2.08. The zero-order valence-corrected chi connectivity index (χ0v) is 15.0. The third kappa shape index (κ3) is 6.24. The van der Waals surface area contributed by atoms with Crippen LogP contribution in [-0.4, -0.2) is 32.4 Å². The monoisotopic (exact) mass is 342 g/mol. The largest absolute Gasteiger partial charge is 0.491 e.